The van der Waals surface area contributed by atoms with E-state index in [0.29, 0.717) is 24.5 Å². The molecule has 3 rings (SSSR count). The molecule has 0 N–H and O–H groups in total. The Labute approximate surface area is 113 Å². The molecule has 1 aromatic carbocycles. The predicted octanol–water partition coefficient (Wildman–Crippen LogP) is 1.99. The molecule has 0 aliphatic carbocycles. The van der Waals surface area contributed by atoms with Crippen LogP contribution in [-0.2, 0) is 25.1 Å². The summed E-state index contributed by atoms with van der Waals surface area (Å²) in [6, 6.07) is 1.93. The second-order valence-corrected chi connectivity index (χ2v) is 7.40. The quantitative estimate of drug-likeness (QED) is 0.730. The lowest BCUT2D eigenvalue weighted by atomic mass is 9.92. The number of sulfone groups is 1. The number of hydrogen-bond acceptors (Lipinski definition) is 4. The van der Waals surface area contributed by atoms with Gasteiger partial charge in [0.2, 0.25) is 0 Å². The zero-order valence-electron chi connectivity index (χ0n) is 11.4. The van der Waals surface area contributed by atoms with Crippen LogP contribution in [0.5, 0.6) is 0 Å². The summed E-state index contributed by atoms with van der Waals surface area (Å²) in [5.74, 6) is -0.759. The maximum absolute atomic E-state index is 12.4. The molecule has 0 unspecified atom stereocenters. The van der Waals surface area contributed by atoms with Gasteiger partial charge in [-0.25, -0.2) is 8.42 Å². The summed E-state index contributed by atoms with van der Waals surface area (Å²) in [6.45, 7) is 6.82. The molecule has 19 heavy (non-hydrogen) atoms. The topological polar surface area (TPSA) is 52.6 Å². The van der Waals surface area contributed by atoms with E-state index >= 15 is 0 Å². The van der Waals surface area contributed by atoms with E-state index in [1.165, 1.54) is 0 Å². The fourth-order valence-corrected chi connectivity index (χ4v) is 5.07. The molecule has 2 aliphatic rings. The first-order chi connectivity index (χ1) is 8.87. The van der Waals surface area contributed by atoms with Crippen LogP contribution in [0, 0.1) is 20.8 Å². The summed E-state index contributed by atoms with van der Waals surface area (Å²) < 4.78 is 36.4. The van der Waals surface area contributed by atoms with Crippen molar-refractivity contribution in [2.45, 2.75) is 37.9 Å². The molecule has 1 saturated heterocycles. The minimum Gasteiger partial charge on any atom is -0.343 e. The van der Waals surface area contributed by atoms with Gasteiger partial charge < -0.3 is 9.47 Å². The van der Waals surface area contributed by atoms with Gasteiger partial charge in [0.15, 0.2) is 15.6 Å². The third-order valence-electron chi connectivity index (χ3n) is 4.13. The van der Waals surface area contributed by atoms with E-state index in [0.717, 1.165) is 22.3 Å². The normalized spacial score (nSPS) is 23.5. The maximum Gasteiger partial charge on any atom is 0.197 e. The number of fused-ring (bicyclic) bond motifs is 2. The van der Waals surface area contributed by atoms with Gasteiger partial charge in [-0.2, -0.15) is 0 Å². The average molecular weight is 282 g/mol. The van der Waals surface area contributed by atoms with Crippen molar-refractivity contribution in [3.8, 4) is 0 Å². The van der Waals surface area contributed by atoms with E-state index in [4.69, 9.17) is 9.47 Å². The van der Waals surface area contributed by atoms with E-state index in [2.05, 4.69) is 0 Å². The maximum atomic E-state index is 12.4. The minimum atomic E-state index is -3.24. The standard InChI is InChI=1S/C14H18O4S/c1-9-8-10(2)13-12(11(9)3)14(17-5-6-18-14)4-7-19(13,15)16/h8H,4-7H2,1-3H3. The van der Waals surface area contributed by atoms with Crippen molar-refractivity contribution in [3.05, 3.63) is 28.3 Å². The Morgan fingerprint density at radius 1 is 1.11 bits per heavy atom. The molecule has 1 fully saturated rings. The smallest absolute Gasteiger partial charge is 0.197 e. The first-order valence-electron chi connectivity index (χ1n) is 6.49. The van der Waals surface area contributed by atoms with Gasteiger partial charge in [-0.15, -0.1) is 0 Å². The summed E-state index contributed by atoms with van der Waals surface area (Å²) in [7, 11) is -3.24. The molecule has 0 atom stereocenters. The third-order valence-corrected chi connectivity index (χ3v) is 6.02. The summed E-state index contributed by atoms with van der Waals surface area (Å²) in [5.41, 5.74) is 3.56. The van der Waals surface area contributed by atoms with Crippen LogP contribution in [-0.4, -0.2) is 27.4 Å². The third kappa shape index (κ3) is 1.75. The van der Waals surface area contributed by atoms with Gasteiger partial charge in [-0.05, 0) is 37.5 Å². The van der Waals surface area contributed by atoms with Crippen LogP contribution in [0.3, 0.4) is 0 Å². The molecule has 1 spiro atoms. The SMILES string of the molecule is Cc1cc(C)c2c(c1C)C1(CCS2(=O)=O)OCCO1. The van der Waals surface area contributed by atoms with Gasteiger partial charge in [0, 0.05) is 12.0 Å². The van der Waals surface area contributed by atoms with Crippen LogP contribution in [0.2, 0.25) is 0 Å². The van der Waals surface area contributed by atoms with Gasteiger partial charge in [0.1, 0.15) is 0 Å². The van der Waals surface area contributed by atoms with Crippen LogP contribution >= 0.6 is 0 Å². The highest BCUT2D eigenvalue weighted by molar-refractivity contribution is 7.91. The van der Waals surface area contributed by atoms with Crippen LogP contribution in [0.15, 0.2) is 11.0 Å². The Balaban J connectivity index is 2.39. The lowest BCUT2D eigenvalue weighted by Crippen LogP contribution is -2.38. The van der Waals surface area contributed by atoms with E-state index in [1.807, 2.05) is 26.8 Å². The highest BCUT2D eigenvalue weighted by Gasteiger charge is 2.48. The Morgan fingerprint density at radius 3 is 2.37 bits per heavy atom. The molecule has 2 heterocycles. The Kier molecular flexibility index (Phi) is 2.78. The molecule has 0 radical (unpaired) electrons. The number of rotatable bonds is 0. The van der Waals surface area contributed by atoms with Crippen molar-refractivity contribution in [1.29, 1.82) is 0 Å². The van der Waals surface area contributed by atoms with Crippen molar-refractivity contribution < 1.29 is 17.9 Å². The van der Waals surface area contributed by atoms with Gasteiger partial charge in [0.05, 0.1) is 23.9 Å². The molecule has 4 nitrogen and oxygen atoms in total. The molecular weight excluding hydrogens is 264 g/mol. The van der Waals surface area contributed by atoms with Gasteiger partial charge in [-0.1, -0.05) is 6.07 Å². The van der Waals surface area contributed by atoms with Crippen LogP contribution < -0.4 is 0 Å². The molecule has 1 aromatic rings. The highest BCUT2D eigenvalue weighted by atomic mass is 32.2. The number of benzene rings is 1. The Morgan fingerprint density at radius 2 is 1.74 bits per heavy atom. The minimum absolute atomic E-state index is 0.0866. The molecule has 104 valence electrons. The second-order valence-electron chi connectivity index (χ2n) is 5.36. The number of hydrogen-bond donors (Lipinski definition) is 0. The van der Waals surface area contributed by atoms with Gasteiger partial charge >= 0.3 is 0 Å². The summed E-state index contributed by atoms with van der Waals surface area (Å²) in [4.78, 5) is 0.420. The monoisotopic (exact) mass is 282 g/mol. The Bertz CT molecular complexity index is 640. The van der Waals surface area contributed by atoms with E-state index < -0.39 is 15.6 Å². The lowest BCUT2D eigenvalue weighted by Gasteiger charge is -2.36. The second kappa shape index (κ2) is 4.04. The molecule has 0 aromatic heterocycles. The summed E-state index contributed by atoms with van der Waals surface area (Å²) in [6.07, 6.45) is 0.381. The molecular formula is C14H18O4S. The van der Waals surface area contributed by atoms with Crippen LogP contribution in [0.25, 0.3) is 0 Å². The van der Waals surface area contributed by atoms with E-state index in [-0.39, 0.29) is 5.75 Å². The van der Waals surface area contributed by atoms with E-state index in [1.54, 1.807) is 0 Å². The van der Waals surface area contributed by atoms with Crippen molar-refractivity contribution in [1.82, 2.24) is 0 Å². The first kappa shape index (κ1) is 13.1. The molecule has 0 bridgehead atoms. The van der Waals surface area contributed by atoms with Crippen LogP contribution in [0.1, 0.15) is 28.7 Å². The predicted molar refractivity (Wildman–Crippen MR) is 70.9 cm³/mol. The van der Waals surface area contributed by atoms with Gasteiger partial charge in [0.25, 0.3) is 0 Å². The molecule has 2 aliphatic heterocycles. The van der Waals surface area contributed by atoms with Crippen LogP contribution in [0.4, 0.5) is 0 Å². The fraction of sp³-hybridized carbons (Fsp3) is 0.571. The number of ether oxygens (including phenoxy) is 2. The zero-order chi connectivity index (χ0) is 13.8. The lowest BCUT2D eigenvalue weighted by molar-refractivity contribution is -0.170. The molecule has 5 heteroatoms. The summed E-state index contributed by atoms with van der Waals surface area (Å²) in [5, 5.41) is 0. The molecule has 0 saturated carbocycles. The largest absolute Gasteiger partial charge is 0.343 e. The Hall–Kier alpha value is -0.910. The highest BCUT2D eigenvalue weighted by Crippen LogP contribution is 2.46. The summed E-state index contributed by atoms with van der Waals surface area (Å²) >= 11 is 0. The van der Waals surface area contributed by atoms with Gasteiger partial charge in [-0.3, -0.25) is 0 Å². The van der Waals surface area contributed by atoms with Crippen molar-refractivity contribution in [2.24, 2.45) is 0 Å². The first-order valence-corrected chi connectivity index (χ1v) is 8.14. The van der Waals surface area contributed by atoms with Crippen molar-refractivity contribution >= 4 is 9.84 Å². The molecule has 0 amide bonds. The average Bonchev–Trinajstić information content (AvgIpc) is 2.79. The zero-order valence-corrected chi connectivity index (χ0v) is 12.3. The van der Waals surface area contributed by atoms with E-state index in [9.17, 15) is 8.42 Å². The fourth-order valence-electron chi connectivity index (χ4n) is 3.16. The van der Waals surface area contributed by atoms with Crippen molar-refractivity contribution in [3.63, 3.8) is 0 Å². The van der Waals surface area contributed by atoms with Crippen molar-refractivity contribution in [2.75, 3.05) is 19.0 Å². The number of aryl methyl sites for hydroxylation is 2.